The number of rotatable bonds is 16. The molecule has 38 heteroatoms. The number of alkyl halides is 31. The molecule has 0 aliphatic rings. The Bertz CT molecular complexity index is 1370. The minimum absolute atomic E-state index is 0. The van der Waals surface area contributed by atoms with Crippen molar-refractivity contribution in [2.24, 2.45) is 0 Å². The van der Waals surface area contributed by atoms with Gasteiger partial charge in [-0.2, -0.15) is 132 Å². The smallest absolute Gasteiger partial charge is 0.438 e. The molecule has 0 aliphatic carbocycles. The summed E-state index contributed by atoms with van der Waals surface area (Å²) in [6.07, 6.45) is -21.3. The van der Waals surface area contributed by atoms with Gasteiger partial charge in [-0.3, -0.25) is 0 Å². The first-order valence-electron chi connectivity index (χ1n) is 11.2. The number of phosphoric acid groups is 1. The van der Waals surface area contributed by atoms with Crippen LogP contribution in [0.15, 0.2) is 0 Å². The third kappa shape index (κ3) is 7.41. The van der Waals surface area contributed by atoms with Crippen molar-refractivity contribution in [3.8, 4) is 0 Å². The maximum atomic E-state index is 13.9. The van der Waals surface area contributed by atoms with Crippen LogP contribution in [0.2, 0.25) is 0 Å². The van der Waals surface area contributed by atoms with Gasteiger partial charge in [-0.05, 0) is 0 Å². The number of phosphoric ester groups is 1. The Morgan fingerprint density at radius 2 is 0.527 bits per heavy atom. The fraction of sp³-hybridized carbons (Fsp3) is 1.00. The second kappa shape index (κ2) is 14.3. The maximum absolute atomic E-state index is 13.9. The van der Waals surface area contributed by atoms with E-state index in [4.69, 9.17) is 0 Å². The third-order valence-corrected chi connectivity index (χ3v) is 6.78. The summed E-state index contributed by atoms with van der Waals surface area (Å²) in [7, 11) is -6.64. The summed E-state index contributed by atoms with van der Waals surface area (Å²) in [5, 5.41) is 0. The minimum atomic E-state index is -10.2. The molecule has 0 radical (unpaired) electrons. The van der Waals surface area contributed by atoms with E-state index >= 15 is 0 Å². The SMILES string of the molecule is O=P([O-])([O-])OCCC(F)(F)C(F)(F)C(F)(F)C(F)(F)C(F)(F)C(F)(F)C(F)(F)C(F)(F)C(F)(F)C(F)(F)C(F)(F)C(F)(F)C(F)(C(F)(F)F)C(F)(F)F.[NH4+].[NH4+]. The Balaban J connectivity index is -0.0000135. The van der Waals surface area contributed by atoms with Gasteiger partial charge in [0.05, 0.1) is 14.4 Å². The Hall–Kier alpha value is -2.14. The van der Waals surface area contributed by atoms with Crippen LogP contribution < -0.4 is 22.1 Å². The van der Waals surface area contributed by atoms with Gasteiger partial charge in [-0.15, -0.1) is 0 Å². The van der Waals surface area contributed by atoms with Crippen LogP contribution in [0.5, 0.6) is 0 Å². The number of hydrogen-bond donors (Lipinski definition) is 2. The summed E-state index contributed by atoms with van der Waals surface area (Å²) >= 11 is 0. The molecular formula is C17H12F31N2O4P. The summed E-state index contributed by atoms with van der Waals surface area (Å²) in [5.74, 6) is -115. The maximum Gasteiger partial charge on any atom is 0.438 e. The Morgan fingerprint density at radius 3 is 0.709 bits per heavy atom. The average Bonchev–Trinajstić information content (AvgIpc) is 2.88. The van der Waals surface area contributed by atoms with E-state index in [0.29, 0.717) is 0 Å². The summed E-state index contributed by atoms with van der Waals surface area (Å²) in [4.78, 5) is 20.1. The van der Waals surface area contributed by atoms with Crippen molar-refractivity contribution in [1.82, 2.24) is 12.3 Å². The molecule has 8 N–H and O–H groups in total. The van der Waals surface area contributed by atoms with Crippen molar-refractivity contribution in [2.75, 3.05) is 6.61 Å². The highest BCUT2D eigenvalue weighted by Gasteiger charge is 3.02. The lowest BCUT2D eigenvalue weighted by atomic mass is 9.81. The molecule has 0 aromatic carbocycles. The van der Waals surface area contributed by atoms with Crippen molar-refractivity contribution >= 4 is 7.82 Å². The van der Waals surface area contributed by atoms with Crippen molar-refractivity contribution < 1.29 is 155 Å². The van der Waals surface area contributed by atoms with Crippen LogP contribution in [-0.4, -0.2) is 95.7 Å². The highest BCUT2D eigenvalue weighted by Crippen LogP contribution is 2.70. The normalized spacial score (nSPS) is 16.5. The average molecular weight is 928 g/mol. The minimum Gasteiger partial charge on any atom is -0.790 e. The topological polar surface area (TPSA) is 145 Å². The number of halogens is 31. The van der Waals surface area contributed by atoms with Crippen LogP contribution in [0.1, 0.15) is 6.42 Å². The fourth-order valence-corrected chi connectivity index (χ4v) is 3.49. The molecule has 0 rings (SSSR count). The molecule has 55 heavy (non-hydrogen) atoms. The first kappa shape index (κ1) is 57.2. The lowest BCUT2D eigenvalue weighted by molar-refractivity contribution is -0.490. The van der Waals surface area contributed by atoms with Gasteiger partial charge in [0.25, 0.3) is 0 Å². The molecule has 0 saturated carbocycles. The first-order chi connectivity index (χ1) is 22.2. The highest BCUT2D eigenvalue weighted by atomic mass is 31.2. The largest absolute Gasteiger partial charge is 0.790 e. The van der Waals surface area contributed by atoms with Crippen molar-refractivity contribution in [3.63, 3.8) is 0 Å². The van der Waals surface area contributed by atoms with Gasteiger partial charge in [0.2, 0.25) is 0 Å². The Labute approximate surface area is 278 Å². The molecule has 0 atom stereocenters. The van der Waals surface area contributed by atoms with Crippen LogP contribution in [0.25, 0.3) is 0 Å². The quantitative estimate of drug-likeness (QED) is 0.117. The molecule has 0 amide bonds. The first-order valence-corrected chi connectivity index (χ1v) is 12.7. The van der Waals surface area contributed by atoms with Crippen LogP contribution in [0.3, 0.4) is 0 Å². The summed E-state index contributed by atoms with van der Waals surface area (Å²) in [6, 6.07) is 0. The van der Waals surface area contributed by atoms with Crippen LogP contribution >= 0.6 is 7.82 Å². The summed E-state index contributed by atoms with van der Waals surface area (Å²) in [5.41, 5.74) is -9.40. The molecule has 0 aromatic heterocycles. The van der Waals surface area contributed by atoms with E-state index in [9.17, 15) is 150 Å². The Kier molecular flexibility index (Phi) is 14.9. The molecule has 0 unspecified atom stereocenters. The zero-order valence-corrected chi connectivity index (χ0v) is 25.6. The van der Waals surface area contributed by atoms with Gasteiger partial charge in [-0.1, -0.05) is 0 Å². The molecule has 0 bridgehead atoms. The molecule has 0 fully saturated rings. The monoisotopic (exact) mass is 928 g/mol. The van der Waals surface area contributed by atoms with E-state index < -0.39 is 110 Å². The van der Waals surface area contributed by atoms with E-state index in [0.717, 1.165) is 0 Å². The lowest BCUT2D eigenvalue weighted by Crippen LogP contribution is -2.80. The molecule has 0 aliphatic heterocycles. The third-order valence-electron chi connectivity index (χ3n) is 6.28. The second-order valence-corrected chi connectivity index (χ2v) is 10.9. The van der Waals surface area contributed by atoms with Crippen LogP contribution in [0.4, 0.5) is 136 Å². The van der Waals surface area contributed by atoms with Crippen molar-refractivity contribution in [1.29, 1.82) is 0 Å². The van der Waals surface area contributed by atoms with Crippen molar-refractivity contribution in [3.05, 3.63) is 0 Å². The van der Waals surface area contributed by atoms with E-state index in [2.05, 4.69) is 4.52 Å². The van der Waals surface area contributed by atoms with Crippen LogP contribution in [-0.2, 0) is 9.09 Å². The number of hydrogen-bond acceptors (Lipinski definition) is 4. The number of quaternary nitrogens is 2. The molecule has 0 spiro atoms. The summed E-state index contributed by atoms with van der Waals surface area (Å²) < 4.78 is 430. The summed E-state index contributed by atoms with van der Waals surface area (Å²) in [6.45, 7) is -2.88. The Morgan fingerprint density at radius 1 is 0.345 bits per heavy atom. The fourth-order valence-electron chi connectivity index (χ4n) is 3.18. The van der Waals surface area contributed by atoms with Gasteiger partial charge in [0, 0.05) is 6.42 Å². The lowest BCUT2D eigenvalue weighted by Gasteiger charge is -2.47. The predicted molar refractivity (Wildman–Crippen MR) is 105 cm³/mol. The van der Waals surface area contributed by atoms with Crippen molar-refractivity contribution in [2.45, 2.75) is 95.5 Å². The standard InChI is InChI=1S/C17H6F31O4P.2H3N/c18-3(19,1-2-52-53(49,50)51)5(21,22)7(25,26)9(29,30)11(33,34)13(37,38)15(41,42)14(39,40)12(35,36)10(31,32)8(27,28)6(23,24)4(20,16(43,44)45)17(46,47)48;;/h1-2H2,(H2,49,50,51);2*1H3. The molecule has 336 valence electrons. The van der Waals surface area contributed by atoms with Gasteiger partial charge >= 0.3 is 89.1 Å². The molecule has 0 saturated heterocycles. The molecule has 0 aromatic rings. The van der Waals surface area contributed by atoms with Gasteiger partial charge in [-0.25, -0.2) is 4.39 Å². The van der Waals surface area contributed by atoms with Gasteiger partial charge < -0.3 is 31.2 Å². The predicted octanol–water partition coefficient (Wildman–Crippen LogP) is 9.43. The van der Waals surface area contributed by atoms with E-state index in [1.807, 2.05) is 0 Å². The second-order valence-electron chi connectivity index (χ2n) is 9.71. The highest BCUT2D eigenvalue weighted by molar-refractivity contribution is 7.43. The zero-order valence-electron chi connectivity index (χ0n) is 24.7. The van der Waals surface area contributed by atoms with Crippen LogP contribution in [0, 0.1) is 0 Å². The van der Waals surface area contributed by atoms with Gasteiger partial charge in [0.1, 0.15) is 0 Å². The van der Waals surface area contributed by atoms with Gasteiger partial charge in [0.15, 0.2) is 0 Å². The molecule has 0 heterocycles. The van der Waals surface area contributed by atoms with E-state index in [-0.39, 0.29) is 12.3 Å². The van der Waals surface area contributed by atoms with E-state index in [1.54, 1.807) is 0 Å². The zero-order chi connectivity index (χ0) is 44.1. The van der Waals surface area contributed by atoms with E-state index in [1.165, 1.54) is 0 Å². The molecular weight excluding hydrogens is 916 g/mol. The molecule has 6 nitrogen and oxygen atoms in total.